The van der Waals surface area contributed by atoms with Crippen LogP contribution in [0.4, 0.5) is 0 Å². The Morgan fingerprint density at radius 1 is 1.40 bits per heavy atom. The number of nitrogens with one attached hydrogen (secondary N) is 1. The Bertz CT molecular complexity index is 276. The van der Waals surface area contributed by atoms with E-state index in [1.54, 1.807) is 0 Å². The summed E-state index contributed by atoms with van der Waals surface area (Å²) in [6.45, 7) is 7.71. The third-order valence-corrected chi connectivity index (χ3v) is 3.14. The Kier molecular flexibility index (Phi) is 4.82. The van der Waals surface area contributed by atoms with Crippen molar-refractivity contribution < 1.29 is 0 Å². The van der Waals surface area contributed by atoms with E-state index in [2.05, 4.69) is 37.4 Å². The summed E-state index contributed by atoms with van der Waals surface area (Å²) in [5, 5.41) is 7.72. The quantitative estimate of drug-likeness (QED) is 0.779. The zero-order valence-electron chi connectivity index (χ0n) is 10.3. The van der Waals surface area contributed by atoms with Crippen LogP contribution >= 0.6 is 0 Å². The third-order valence-electron chi connectivity index (χ3n) is 3.14. The SMILES string of the molecule is CCC(CC)C(C)NCc1cnn(C)c1. The summed E-state index contributed by atoms with van der Waals surface area (Å²) in [6, 6.07) is 0.584. The molecule has 0 fully saturated rings. The van der Waals surface area contributed by atoms with Gasteiger partial charge in [0.1, 0.15) is 0 Å². The van der Waals surface area contributed by atoms with Crippen molar-refractivity contribution in [2.45, 2.75) is 46.2 Å². The minimum Gasteiger partial charge on any atom is -0.310 e. The van der Waals surface area contributed by atoms with Crippen LogP contribution in [0.15, 0.2) is 12.4 Å². The molecule has 1 aromatic rings. The lowest BCUT2D eigenvalue weighted by atomic mass is 9.95. The number of rotatable bonds is 6. The van der Waals surface area contributed by atoms with Crippen LogP contribution in [0.3, 0.4) is 0 Å². The lowest BCUT2D eigenvalue weighted by Gasteiger charge is -2.22. The van der Waals surface area contributed by atoms with E-state index in [4.69, 9.17) is 0 Å². The first-order valence-electron chi connectivity index (χ1n) is 5.88. The summed E-state index contributed by atoms with van der Waals surface area (Å²) in [5.74, 6) is 0.779. The highest BCUT2D eigenvalue weighted by atomic mass is 15.2. The fourth-order valence-electron chi connectivity index (χ4n) is 2.00. The number of hydrogen-bond acceptors (Lipinski definition) is 2. The molecule has 0 aliphatic heterocycles. The van der Waals surface area contributed by atoms with Crippen molar-refractivity contribution in [2.24, 2.45) is 13.0 Å². The highest BCUT2D eigenvalue weighted by Crippen LogP contribution is 2.13. The van der Waals surface area contributed by atoms with Crippen LogP contribution < -0.4 is 5.32 Å². The van der Waals surface area contributed by atoms with Crippen molar-refractivity contribution in [3.8, 4) is 0 Å². The van der Waals surface area contributed by atoms with Crippen molar-refractivity contribution in [1.82, 2.24) is 15.1 Å². The molecule has 3 heteroatoms. The van der Waals surface area contributed by atoms with Gasteiger partial charge in [-0.15, -0.1) is 0 Å². The minimum atomic E-state index is 0.584. The Labute approximate surface area is 92.9 Å². The van der Waals surface area contributed by atoms with Crippen molar-refractivity contribution >= 4 is 0 Å². The van der Waals surface area contributed by atoms with Gasteiger partial charge in [0, 0.05) is 31.4 Å². The van der Waals surface area contributed by atoms with Gasteiger partial charge < -0.3 is 5.32 Å². The van der Waals surface area contributed by atoms with E-state index < -0.39 is 0 Å². The number of hydrogen-bond donors (Lipinski definition) is 1. The average molecular weight is 209 g/mol. The molecule has 3 nitrogen and oxygen atoms in total. The molecular weight excluding hydrogens is 186 g/mol. The first-order valence-corrected chi connectivity index (χ1v) is 5.88. The molecule has 1 N–H and O–H groups in total. The fraction of sp³-hybridized carbons (Fsp3) is 0.750. The van der Waals surface area contributed by atoms with Crippen molar-refractivity contribution in [3.05, 3.63) is 18.0 Å². The van der Waals surface area contributed by atoms with Crippen molar-refractivity contribution in [2.75, 3.05) is 0 Å². The summed E-state index contributed by atoms with van der Waals surface area (Å²) in [7, 11) is 1.95. The van der Waals surface area contributed by atoms with Crippen LogP contribution in [0.5, 0.6) is 0 Å². The molecule has 15 heavy (non-hydrogen) atoms. The van der Waals surface area contributed by atoms with Gasteiger partial charge in [-0.1, -0.05) is 26.7 Å². The molecule has 1 heterocycles. The van der Waals surface area contributed by atoms with Gasteiger partial charge in [-0.05, 0) is 12.8 Å². The maximum atomic E-state index is 4.16. The molecule has 0 spiro atoms. The van der Waals surface area contributed by atoms with Gasteiger partial charge in [-0.3, -0.25) is 4.68 Å². The number of aromatic nitrogens is 2. The monoisotopic (exact) mass is 209 g/mol. The molecule has 86 valence electrons. The van der Waals surface area contributed by atoms with Crippen LogP contribution in [0.25, 0.3) is 0 Å². The largest absolute Gasteiger partial charge is 0.310 e. The molecule has 1 atom stereocenters. The van der Waals surface area contributed by atoms with Gasteiger partial charge in [0.05, 0.1) is 6.20 Å². The van der Waals surface area contributed by atoms with Crippen molar-refractivity contribution in [1.29, 1.82) is 0 Å². The summed E-state index contributed by atoms with van der Waals surface area (Å²) < 4.78 is 1.85. The predicted molar refractivity (Wildman–Crippen MR) is 63.6 cm³/mol. The van der Waals surface area contributed by atoms with E-state index in [9.17, 15) is 0 Å². The molecule has 0 bridgehead atoms. The van der Waals surface area contributed by atoms with Gasteiger partial charge in [0.25, 0.3) is 0 Å². The van der Waals surface area contributed by atoms with Gasteiger partial charge in [0.2, 0.25) is 0 Å². The summed E-state index contributed by atoms with van der Waals surface area (Å²) in [4.78, 5) is 0. The molecule has 0 amide bonds. The lowest BCUT2D eigenvalue weighted by molar-refractivity contribution is 0.353. The highest BCUT2D eigenvalue weighted by Gasteiger charge is 2.12. The fourth-order valence-corrected chi connectivity index (χ4v) is 2.00. The smallest absolute Gasteiger partial charge is 0.0534 e. The highest BCUT2D eigenvalue weighted by molar-refractivity contribution is 5.03. The molecule has 0 aromatic carbocycles. The molecule has 1 rings (SSSR count). The van der Waals surface area contributed by atoms with Crippen LogP contribution in [-0.2, 0) is 13.6 Å². The predicted octanol–water partition coefficient (Wildman–Crippen LogP) is 2.33. The first kappa shape index (κ1) is 12.2. The van der Waals surface area contributed by atoms with E-state index in [1.165, 1.54) is 18.4 Å². The molecule has 0 saturated heterocycles. The standard InChI is InChI=1S/C12H23N3/c1-5-12(6-2)10(3)13-7-11-8-14-15(4)9-11/h8-10,12-13H,5-7H2,1-4H3. The average Bonchev–Trinajstić information content (AvgIpc) is 2.63. The summed E-state index contributed by atoms with van der Waals surface area (Å²) >= 11 is 0. The first-order chi connectivity index (χ1) is 7.17. The number of aryl methyl sites for hydroxylation is 1. The van der Waals surface area contributed by atoms with Gasteiger partial charge >= 0.3 is 0 Å². The second kappa shape index (κ2) is 5.91. The van der Waals surface area contributed by atoms with E-state index >= 15 is 0 Å². The van der Waals surface area contributed by atoms with Crippen LogP contribution in [0, 0.1) is 5.92 Å². The van der Waals surface area contributed by atoms with E-state index in [-0.39, 0.29) is 0 Å². The summed E-state index contributed by atoms with van der Waals surface area (Å²) in [6.07, 6.45) is 6.48. The van der Waals surface area contributed by atoms with Crippen LogP contribution in [0.2, 0.25) is 0 Å². The maximum absolute atomic E-state index is 4.16. The van der Waals surface area contributed by atoms with Crippen LogP contribution in [0.1, 0.15) is 39.2 Å². The number of nitrogens with zero attached hydrogens (tertiary/aromatic N) is 2. The molecule has 1 unspecified atom stereocenters. The Balaban J connectivity index is 2.36. The van der Waals surface area contributed by atoms with Crippen molar-refractivity contribution in [3.63, 3.8) is 0 Å². The van der Waals surface area contributed by atoms with E-state index in [0.717, 1.165) is 12.5 Å². The van der Waals surface area contributed by atoms with E-state index in [0.29, 0.717) is 6.04 Å². The van der Waals surface area contributed by atoms with Gasteiger partial charge in [0.15, 0.2) is 0 Å². The molecule has 0 aliphatic rings. The second-order valence-electron chi connectivity index (χ2n) is 4.27. The van der Waals surface area contributed by atoms with Crippen LogP contribution in [-0.4, -0.2) is 15.8 Å². The zero-order chi connectivity index (χ0) is 11.3. The molecular formula is C12H23N3. The zero-order valence-corrected chi connectivity index (χ0v) is 10.3. The molecule has 0 radical (unpaired) electrons. The molecule has 0 saturated carbocycles. The topological polar surface area (TPSA) is 29.9 Å². The van der Waals surface area contributed by atoms with Gasteiger partial charge in [-0.25, -0.2) is 0 Å². The van der Waals surface area contributed by atoms with E-state index in [1.807, 2.05) is 17.9 Å². The van der Waals surface area contributed by atoms with Gasteiger partial charge in [-0.2, -0.15) is 5.10 Å². The molecule has 0 aliphatic carbocycles. The summed E-state index contributed by atoms with van der Waals surface area (Å²) in [5.41, 5.74) is 1.26. The third kappa shape index (κ3) is 3.67. The minimum absolute atomic E-state index is 0.584. The Morgan fingerprint density at radius 3 is 2.53 bits per heavy atom. The Hall–Kier alpha value is -0.830. The Morgan fingerprint density at radius 2 is 2.07 bits per heavy atom. The normalized spacial score (nSPS) is 13.4. The lowest BCUT2D eigenvalue weighted by Crippen LogP contribution is -2.32. The maximum Gasteiger partial charge on any atom is 0.0534 e. The second-order valence-corrected chi connectivity index (χ2v) is 4.27. The molecule has 1 aromatic heterocycles.